The molecule has 176 valence electrons. The zero-order valence-corrected chi connectivity index (χ0v) is 18.6. The van der Waals surface area contributed by atoms with Gasteiger partial charge in [-0.15, -0.1) is 0 Å². The summed E-state index contributed by atoms with van der Waals surface area (Å²) in [5, 5.41) is 3.40. The standard InChI is InChI=1S/C25H21FN6O3/c26-17-5-3-16(4-6-17)21-22(32-13-15-35-25(32)30-21)19-7-10-27-24(29-19)28-18-8-11-31(12-9-18)23(33)20-2-1-14-34-20/h1-7,10,13-15,18H,8-9,11-12H2,(H,27,28,29). The number of rotatable bonds is 5. The molecule has 0 radical (unpaired) electrons. The Bertz CT molecular complexity index is 1470. The number of benzene rings is 1. The van der Waals surface area contributed by atoms with Crippen LogP contribution in [-0.2, 0) is 0 Å². The van der Waals surface area contributed by atoms with Crippen LogP contribution in [0.25, 0.3) is 28.5 Å². The van der Waals surface area contributed by atoms with E-state index < -0.39 is 0 Å². The molecule has 1 aliphatic heterocycles. The first-order valence-electron chi connectivity index (χ1n) is 11.3. The second kappa shape index (κ2) is 8.71. The third-order valence-electron chi connectivity index (χ3n) is 6.13. The van der Waals surface area contributed by atoms with Crippen LogP contribution in [0, 0.1) is 5.82 Å². The largest absolute Gasteiger partial charge is 0.459 e. The minimum Gasteiger partial charge on any atom is -0.459 e. The molecule has 0 bridgehead atoms. The summed E-state index contributed by atoms with van der Waals surface area (Å²) in [7, 11) is 0. The highest BCUT2D eigenvalue weighted by atomic mass is 19.1. The Morgan fingerprint density at radius 2 is 1.86 bits per heavy atom. The molecule has 10 heteroatoms. The van der Waals surface area contributed by atoms with Crippen LogP contribution in [0.1, 0.15) is 23.4 Å². The van der Waals surface area contributed by atoms with Gasteiger partial charge in [0.2, 0.25) is 5.95 Å². The van der Waals surface area contributed by atoms with Crippen molar-refractivity contribution in [2.45, 2.75) is 18.9 Å². The topological polar surface area (TPSA) is 102 Å². The van der Waals surface area contributed by atoms with Gasteiger partial charge >= 0.3 is 5.84 Å². The van der Waals surface area contributed by atoms with Gasteiger partial charge in [-0.25, -0.2) is 14.4 Å². The third kappa shape index (κ3) is 4.03. The number of halogens is 1. The van der Waals surface area contributed by atoms with Crippen molar-refractivity contribution in [2.24, 2.45) is 0 Å². The van der Waals surface area contributed by atoms with Crippen LogP contribution >= 0.6 is 0 Å². The molecule has 9 nitrogen and oxygen atoms in total. The Balaban J connectivity index is 1.23. The van der Waals surface area contributed by atoms with Crippen LogP contribution < -0.4 is 5.32 Å². The Kier molecular flexibility index (Phi) is 5.25. The van der Waals surface area contributed by atoms with E-state index >= 15 is 0 Å². The molecule has 4 aromatic heterocycles. The second-order valence-corrected chi connectivity index (χ2v) is 8.33. The van der Waals surface area contributed by atoms with E-state index in [9.17, 15) is 9.18 Å². The van der Waals surface area contributed by atoms with Crippen molar-refractivity contribution in [3.8, 4) is 22.6 Å². The predicted molar refractivity (Wildman–Crippen MR) is 125 cm³/mol. The number of hydrogen-bond donors (Lipinski definition) is 1. The number of hydrogen-bond acceptors (Lipinski definition) is 7. The number of imidazole rings is 1. The Hall–Kier alpha value is -4.47. The summed E-state index contributed by atoms with van der Waals surface area (Å²) in [4.78, 5) is 28.0. The molecule has 0 spiro atoms. The van der Waals surface area contributed by atoms with Crippen molar-refractivity contribution in [2.75, 3.05) is 18.4 Å². The molecule has 35 heavy (non-hydrogen) atoms. The van der Waals surface area contributed by atoms with Crippen molar-refractivity contribution in [1.29, 1.82) is 0 Å². The molecule has 6 rings (SSSR count). The Morgan fingerprint density at radius 1 is 1.03 bits per heavy atom. The number of carbonyl (C=O) groups is 1. The highest BCUT2D eigenvalue weighted by Crippen LogP contribution is 2.32. The van der Waals surface area contributed by atoms with E-state index in [4.69, 9.17) is 13.8 Å². The van der Waals surface area contributed by atoms with Crippen molar-refractivity contribution in [1.82, 2.24) is 24.3 Å². The zero-order chi connectivity index (χ0) is 23.8. The van der Waals surface area contributed by atoms with Crippen LogP contribution in [0.5, 0.6) is 0 Å². The van der Waals surface area contributed by atoms with Crippen molar-refractivity contribution in [3.63, 3.8) is 0 Å². The van der Waals surface area contributed by atoms with Crippen molar-refractivity contribution in [3.05, 3.63) is 79.0 Å². The first-order valence-corrected chi connectivity index (χ1v) is 11.3. The van der Waals surface area contributed by atoms with Crippen LogP contribution in [-0.4, -0.2) is 49.3 Å². The predicted octanol–water partition coefficient (Wildman–Crippen LogP) is 4.50. The van der Waals surface area contributed by atoms with Crippen LogP contribution in [0.15, 0.2) is 76.2 Å². The molecule has 1 aromatic carbocycles. The lowest BCUT2D eigenvalue weighted by molar-refractivity contribution is 0.0686. The number of amides is 1. The molecule has 0 unspecified atom stereocenters. The van der Waals surface area contributed by atoms with Gasteiger partial charge in [-0.3, -0.25) is 9.20 Å². The summed E-state index contributed by atoms with van der Waals surface area (Å²) in [5.74, 6) is 0.854. The summed E-state index contributed by atoms with van der Waals surface area (Å²) in [6, 6.07) is 11.5. The van der Waals surface area contributed by atoms with Gasteiger partial charge in [0, 0.05) is 37.1 Å². The average Bonchev–Trinajstić information content (AvgIpc) is 3.63. The zero-order valence-electron chi connectivity index (χ0n) is 18.6. The molecule has 1 fully saturated rings. The number of nitrogens with one attached hydrogen (secondary N) is 1. The van der Waals surface area contributed by atoms with Crippen molar-refractivity contribution < 1.29 is 18.0 Å². The maximum absolute atomic E-state index is 13.5. The molecule has 1 amide bonds. The SMILES string of the molecule is O=C(c1ccco1)N1CCC(Nc2nccc(-c3c(-c4ccc(F)cc4)nc4occn34)n2)CC1. The number of aromatic nitrogens is 4. The maximum atomic E-state index is 13.5. The molecule has 5 aromatic rings. The summed E-state index contributed by atoms with van der Waals surface area (Å²) in [6.07, 6.45) is 8.04. The highest BCUT2D eigenvalue weighted by Gasteiger charge is 2.26. The lowest BCUT2D eigenvalue weighted by Gasteiger charge is -2.31. The van der Waals surface area contributed by atoms with Gasteiger partial charge < -0.3 is 19.1 Å². The van der Waals surface area contributed by atoms with Gasteiger partial charge in [-0.2, -0.15) is 4.98 Å². The van der Waals surface area contributed by atoms with Gasteiger partial charge in [0.05, 0.1) is 12.0 Å². The number of carbonyl (C=O) groups excluding carboxylic acids is 1. The molecule has 0 aliphatic carbocycles. The fraction of sp³-hybridized carbons (Fsp3) is 0.200. The number of oxazole rings is 1. The number of furan rings is 1. The third-order valence-corrected chi connectivity index (χ3v) is 6.13. The van der Waals surface area contributed by atoms with E-state index in [0.717, 1.165) is 24.1 Å². The monoisotopic (exact) mass is 472 g/mol. The number of piperidine rings is 1. The minimum absolute atomic E-state index is 0.0927. The quantitative estimate of drug-likeness (QED) is 0.402. The molecular formula is C25H21FN6O3. The average molecular weight is 472 g/mol. The van der Waals surface area contributed by atoms with E-state index in [2.05, 4.69) is 15.3 Å². The first kappa shape index (κ1) is 21.1. The molecule has 1 saturated heterocycles. The number of fused-ring (bicyclic) bond motifs is 1. The number of nitrogens with zero attached hydrogens (tertiary/aromatic N) is 5. The van der Waals surface area contributed by atoms with Gasteiger partial charge in [0.25, 0.3) is 5.91 Å². The summed E-state index contributed by atoms with van der Waals surface area (Å²) in [5.41, 5.74) is 2.77. The maximum Gasteiger partial charge on any atom is 0.306 e. The fourth-order valence-electron chi connectivity index (χ4n) is 4.37. The van der Waals surface area contributed by atoms with E-state index in [1.54, 1.807) is 53.9 Å². The Morgan fingerprint density at radius 3 is 2.63 bits per heavy atom. The van der Waals surface area contributed by atoms with Gasteiger partial charge in [-0.05, 0) is 55.3 Å². The van der Waals surface area contributed by atoms with Crippen molar-refractivity contribution >= 4 is 17.7 Å². The summed E-state index contributed by atoms with van der Waals surface area (Å²) in [6.45, 7) is 1.23. The van der Waals surface area contributed by atoms with Crippen LogP contribution in [0.3, 0.4) is 0 Å². The minimum atomic E-state index is -0.316. The fourth-order valence-corrected chi connectivity index (χ4v) is 4.37. The summed E-state index contributed by atoms with van der Waals surface area (Å²) < 4.78 is 26.0. The Labute approximate surface area is 199 Å². The van der Waals surface area contributed by atoms with Gasteiger partial charge in [-0.1, -0.05) is 0 Å². The molecular weight excluding hydrogens is 451 g/mol. The number of likely N-dealkylation sites (tertiary alicyclic amines) is 1. The second-order valence-electron chi connectivity index (χ2n) is 8.33. The van der Waals surface area contributed by atoms with Crippen LogP contribution in [0.2, 0.25) is 0 Å². The normalized spacial score (nSPS) is 14.5. The van der Waals surface area contributed by atoms with Gasteiger partial charge in [0.1, 0.15) is 23.5 Å². The van der Waals surface area contributed by atoms with E-state index in [0.29, 0.717) is 42.0 Å². The smallest absolute Gasteiger partial charge is 0.306 e. The molecule has 1 N–H and O–H groups in total. The molecule has 5 heterocycles. The van der Waals surface area contributed by atoms with Crippen LogP contribution in [0.4, 0.5) is 10.3 Å². The summed E-state index contributed by atoms with van der Waals surface area (Å²) >= 11 is 0. The van der Waals surface area contributed by atoms with Gasteiger partial charge in [0.15, 0.2) is 5.76 Å². The molecule has 0 saturated carbocycles. The lowest BCUT2D eigenvalue weighted by atomic mass is 10.0. The van der Waals surface area contributed by atoms with E-state index in [1.807, 2.05) is 4.40 Å². The highest BCUT2D eigenvalue weighted by molar-refractivity contribution is 5.91. The molecule has 0 atom stereocenters. The van der Waals surface area contributed by atoms with E-state index in [1.165, 1.54) is 18.4 Å². The van der Waals surface area contributed by atoms with E-state index in [-0.39, 0.29) is 17.8 Å². The lowest BCUT2D eigenvalue weighted by Crippen LogP contribution is -2.42. The molecule has 1 aliphatic rings. The first-order chi connectivity index (χ1) is 17.2. The number of anilines is 1.